The van der Waals surface area contributed by atoms with E-state index in [1.54, 1.807) is 16.8 Å². The van der Waals surface area contributed by atoms with Gasteiger partial charge in [0.15, 0.2) is 0 Å². The highest BCUT2D eigenvalue weighted by molar-refractivity contribution is 5.88. The molecule has 0 radical (unpaired) electrons. The first-order valence-electron chi connectivity index (χ1n) is 7.24. The monoisotopic (exact) mass is 314 g/mol. The molecule has 0 saturated carbocycles. The Balaban J connectivity index is 1.80. The molecule has 3 rings (SSSR count). The molecule has 0 spiro atoms. The highest BCUT2D eigenvalue weighted by Crippen LogP contribution is 2.28. The van der Waals surface area contributed by atoms with Gasteiger partial charge < -0.3 is 10.6 Å². The van der Waals surface area contributed by atoms with Crippen LogP contribution in [0, 0.1) is 17.1 Å². The molecule has 1 aromatic heterocycles. The van der Waals surface area contributed by atoms with Gasteiger partial charge in [0.2, 0.25) is 5.82 Å². The minimum atomic E-state index is -0.672. The second-order valence-corrected chi connectivity index (χ2v) is 5.43. The fourth-order valence-electron chi connectivity index (χ4n) is 2.79. The Morgan fingerprint density at radius 1 is 1.48 bits per heavy atom. The van der Waals surface area contributed by atoms with Crippen LogP contribution in [0.3, 0.4) is 0 Å². The highest BCUT2D eigenvalue weighted by atomic mass is 19.1. The standard InChI is InChI=1S/C15H15FN6O/c16-12-6-10(7-17)3-4-13(12)21-5-1-2-11(8-21)22-9-19-15(20-22)14(18)23/h3-4,6,9,11H,1-2,5,8H2,(H2,18,23). The van der Waals surface area contributed by atoms with Gasteiger partial charge in [-0.3, -0.25) is 4.79 Å². The molecule has 2 heterocycles. The first kappa shape index (κ1) is 15.0. The third-order valence-electron chi connectivity index (χ3n) is 3.92. The smallest absolute Gasteiger partial charge is 0.288 e. The van der Waals surface area contributed by atoms with Crippen LogP contribution in [-0.4, -0.2) is 33.8 Å². The van der Waals surface area contributed by atoms with Gasteiger partial charge in [-0.25, -0.2) is 14.1 Å². The van der Waals surface area contributed by atoms with Crippen molar-refractivity contribution in [3.05, 3.63) is 41.7 Å². The lowest BCUT2D eigenvalue weighted by atomic mass is 10.0. The number of nitrogens with two attached hydrogens (primary N) is 1. The Morgan fingerprint density at radius 3 is 2.96 bits per heavy atom. The number of halogens is 1. The highest BCUT2D eigenvalue weighted by Gasteiger charge is 2.24. The minimum absolute atomic E-state index is 0.0145. The van der Waals surface area contributed by atoms with Crippen molar-refractivity contribution in [2.45, 2.75) is 18.9 Å². The van der Waals surface area contributed by atoms with Gasteiger partial charge in [0, 0.05) is 13.1 Å². The first-order chi connectivity index (χ1) is 11.1. The number of carbonyl (C=O) groups excluding carboxylic acids is 1. The number of aromatic nitrogens is 3. The van der Waals surface area contributed by atoms with Gasteiger partial charge in [-0.15, -0.1) is 5.10 Å². The molecule has 1 fully saturated rings. The number of benzene rings is 1. The molecule has 7 nitrogen and oxygen atoms in total. The summed E-state index contributed by atoms with van der Waals surface area (Å²) in [5.74, 6) is -1.11. The third kappa shape index (κ3) is 2.99. The number of nitrogens with zero attached hydrogens (tertiary/aromatic N) is 5. The molecule has 1 atom stereocenters. The molecule has 0 bridgehead atoms. The van der Waals surface area contributed by atoms with Crippen LogP contribution in [0.5, 0.6) is 0 Å². The largest absolute Gasteiger partial charge is 0.367 e. The zero-order valence-corrected chi connectivity index (χ0v) is 12.3. The van der Waals surface area contributed by atoms with E-state index in [4.69, 9.17) is 11.0 Å². The van der Waals surface area contributed by atoms with Crippen LogP contribution in [0.25, 0.3) is 0 Å². The number of primary amides is 1. The van der Waals surface area contributed by atoms with Crippen molar-refractivity contribution in [3.63, 3.8) is 0 Å². The molecule has 23 heavy (non-hydrogen) atoms. The van der Waals surface area contributed by atoms with E-state index >= 15 is 0 Å². The van der Waals surface area contributed by atoms with Crippen molar-refractivity contribution in [2.75, 3.05) is 18.0 Å². The lowest BCUT2D eigenvalue weighted by Crippen LogP contribution is -2.37. The normalized spacial score (nSPS) is 17.7. The minimum Gasteiger partial charge on any atom is -0.367 e. The summed E-state index contributed by atoms with van der Waals surface area (Å²) in [6.07, 6.45) is 3.19. The van der Waals surface area contributed by atoms with Crippen LogP contribution < -0.4 is 10.6 Å². The molecule has 1 aromatic carbocycles. The Kier molecular flexibility index (Phi) is 3.93. The molecule has 1 saturated heterocycles. The van der Waals surface area contributed by atoms with E-state index in [0.717, 1.165) is 19.4 Å². The van der Waals surface area contributed by atoms with E-state index in [0.29, 0.717) is 17.8 Å². The average Bonchev–Trinajstić information content (AvgIpc) is 3.05. The number of nitriles is 1. The maximum atomic E-state index is 14.2. The van der Waals surface area contributed by atoms with Crippen molar-refractivity contribution in [1.82, 2.24) is 14.8 Å². The summed E-state index contributed by atoms with van der Waals surface area (Å²) >= 11 is 0. The fraction of sp³-hybridized carbons (Fsp3) is 0.333. The summed E-state index contributed by atoms with van der Waals surface area (Å²) in [7, 11) is 0. The fourth-order valence-corrected chi connectivity index (χ4v) is 2.79. The van der Waals surface area contributed by atoms with Crippen LogP contribution in [-0.2, 0) is 0 Å². The average molecular weight is 314 g/mol. The van der Waals surface area contributed by atoms with Crippen molar-refractivity contribution >= 4 is 11.6 Å². The molecule has 8 heteroatoms. The van der Waals surface area contributed by atoms with E-state index in [9.17, 15) is 9.18 Å². The molecular formula is C15H15FN6O. The van der Waals surface area contributed by atoms with Gasteiger partial charge in [-0.1, -0.05) is 0 Å². The summed E-state index contributed by atoms with van der Waals surface area (Å²) in [6, 6.07) is 6.36. The SMILES string of the molecule is N#Cc1ccc(N2CCCC(n3cnc(C(N)=O)n3)C2)c(F)c1. The van der Waals surface area contributed by atoms with Crippen LogP contribution >= 0.6 is 0 Å². The lowest BCUT2D eigenvalue weighted by molar-refractivity contribution is 0.0990. The summed E-state index contributed by atoms with van der Waals surface area (Å²) in [6.45, 7) is 1.26. The molecular weight excluding hydrogens is 299 g/mol. The molecule has 1 amide bonds. The van der Waals surface area contributed by atoms with E-state index in [-0.39, 0.29) is 11.9 Å². The molecule has 118 valence electrons. The predicted molar refractivity (Wildman–Crippen MR) is 80.1 cm³/mol. The van der Waals surface area contributed by atoms with E-state index in [1.807, 2.05) is 11.0 Å². The molecule has 1 aliphatic heterocycles. The van der Waals surface area contributed by atoms with Crippen LogP contribution in [0.15, 0.2) is 24.5 Å². The van der Waals surface area contributed by atoms with Gasteiger partial charge in [-0.2, -0.15) is 5.26 Å². The number of hydrogen-bond donors (Lipinski definition) is 1. The van der Waals surface area contributed by atoms with E-state index in [1.165, 1.54) is 12.4 Å². The maximum absolute atomic E-state index is 14.2. The zero-order chi connectivity index (χ0) is 16.4. The second-order valence-electron chi connectivity index (χ2n) is 5.43. The molecule has 1 aliphatic rings. The Morgan fingerprint density at radius 2 is 2.30 bits per heavy atom. The van der Waals surface area contributed by atoms with Crippen molar-refractivity contribution in [2.24, 2.45) is 5.73 Å². The van der Waals surface area contributed by atoms with Crippen molar-refractivity contribution < 1.29 is 9.18 Å². The number of carbonyl (C=O) groups is 1. The van der Waals surface area contributed by atoms with Gasteiger partial charge >= 0.3 is 0 Å². The summed E-state index contributed by atoms with van der Waals surface area (Å²) < 4.78 is 15.8. The Labute approximate surface area is 132 Å². The van der Waals surface area contributed by atoms with Crippen LogP contribution in [0.2, 0.25) is 0 Å². The van der Waals surface area contributed by atoms with E-state index in [2.05, 4.69) is 10.1 Å². The Hall–Kier alpha value is -2.95. The van der Waals surface area contributed by atoms with Gasteiger partial charge in [0.25, 0.3) is 5.91 Å². The quantitative estimate of drug-likeness (QED) is 0.918. The third-order valence-corrected chi connectivity index (χ3v) is 3.92. The van der Waals surface area contributed by atoms with Gasteiger partial charge in [-0.05, 0) is 31.0 Å². The van der Waals surface area contributed by atoms with Crippen LogP contribution in [0.4, 0.5) is 10.1 Å². The summed E-state index contributed by atoms with van der Waals surface area (Å²) in [5.41, 5.74) is 5.91. The number of rotatable bonds is 3. The molecule has 1 unspecified atom stereocenters. The van der Waals surface area contributed by atoms with Gasteiger partial charge in [0.05, 0.1) is 23.4 Å². The van der Waals surface area contributed by atoms with Crippen LogP contribution in [0.1, 0.15) is 35.1 Å². The molecule has 0 aliphatic carbocycles. The zero-order valence-electron chi connectivity index (χ0n) is 12.3. The molecule has 2 N–H and O–H groups in total. The second kappa shape index (κ2) is 6.04. The summed E-state index contributed by atoms with van der Waals surface area (Å²) in [4.78, 5) is 16.9. The number of amides is 1. The van der Waals surface area contributed by atoms with Gasteiger partial charge in [0.1, 0.15) is 12.1 Å². The predicted octanol–water partition coefficient (Wildman–Crippen LogP) is 1.23. The topological polar surface area (TPSA) is 101 Å². The Bertz CT molecular complexity index is 781. The van der Waals surface area contributed by atoms with Crippen molar-refractivity contribution in [3.8, 4) is 6.07 Å². The van der Waals surface area contributed by atoms with Crippen molar-refractivity contribution in [1.29, 1.82) is 5.26 Å². The van der Waals surface area contributed by atoms with E-state index < -0.39 is 11.7 Å². The number of anilines is 1. The lowest BCUT2D eigenvalue weighted by Gasteiger charge is -2.34. The molecule has 2 aromatic rings. The summed E-state index contributed by atoms with van der Waals surface area (Å²) in [5, 5.41) is 12.9. The number of hydrogen-bond acceptors (Lipinski definition) is 5. The maximum Gasteiger partial charge on any atom is 0.288 e. The number of piperidine rings is 1. The first-order valence-corrected chi connectivity index (χ1v) is 7.24.